The number of piperidine rings is 1. The molecule has 0 bridgehead atoms. The van der Waals surface area contributed by atoms with Crippen molar-refractivity contribution in [3.05, 3.63) is 11.7 Å². The van der Waals surface area contributed by atoms with E-state index in [9.17, 15) is 4.79 Å². The number of rotatable bonds is 4. The van der Waals surface area contributed by atoms with E-state index in [0.717, 1.165) is 56.2 Å². The maximum absolute atomic E-state index is 12.5. The van der Waals surface area contributed by atoms with Crippen molar-refractivity contribution >= 4 is 17.7 Å². The summed E-state index contributed by atoms with van der Waals surface area (Å²) in [6.45, 7) is 4.54. The Labute approximate surface area is 135 Å². The van der Waals surface area contributed by atoms with E-state index in [1.807, 2.05) is 23.6 Å². The summed E-state index contributed by atoms with van der Waals surface area (Å²) >= 11 is 1.94. The Balaban J connectivity index is 1.49. The number of aryl methyl sites for hydroxylation is 1. The van der Waals surface area contributed by atoms with E-state index >= 15 is 0 Å². The van der Waals surface area contributed by atoms with Crippen LogP contribution in [0.15, 0.2) is 4.52 Å². The van der Waals surface area contributed by atoms with Gasteiger partial charge in [0.25, 0.3) is 0 Å². The van der Waals surface area contributed by atoms with Crippen LogP contribution in [-0.2, 0) is 11.2 Å². The Morgan fingerprint density at radius 1 is 1.55 bits per heavy atom. The highest BCUT2D eigenvalue weighted by Crippen LogP contribution is 2.21. The maximum Gasteiger partial charge on any atom is 0.224 e. The first-order chi connectivity index (χ1) is 10.7. The van der Waals surface area contributed by atoms with Crippen molar-refractivity contribution in [1.82, 2.24) is 20.4 Å². The SMILES string of the molecule is Cc1nc(CC2CCCN(C(=O)CC3CSCCN3)C2)no1. The van der Waals surface area contributed by atoms with E-state index < -0.39 is 0 Å². The highest BCUT2D eigenvalue weighted by Gasteiger charge is 2.27. The van der Waals surface area contributed by atoms with Gasteiger partial charge in [-0.05, 0) is 18.8 Å². The first-order valence-corrected chi connectivity index (χ1v) is 9.24. The Morgan fingerprint density at radius 3 is 3.18 bits per heavy atom. The quantitative estimate of drug-likeness (QED) is 0.899. The number of carbonyl (C=O) groups is 1. The molecule has 2 atom stereocenters. The van der Waals surface area contributed by atoms with Gasteiger partial charge in [-0.3, -0.25) is 4.79 Å². The molecule has 0 saturated carbocycles. The molecule has 122 valence electrons. The average molecular weight is 324 g/mol. The summed E-state index contributed by atoms with van der Waals surface area (Å²) in [6, 6.07) is 0.339. The van der Waals surface area contributed by atoms with Crippen LogP contribution in [0.3, 0.4) is 0 Å². The minimum Gasteiger partial charge on any atom is -0.342 e. The summed E-state index contributed by atoms with van der Waals surface area (Å²) in [5.74, 6) is 4.31. The summed E-state index contributed by atoms with van der Waals surface area (Å²) in [4.78, 5) is 18.8. The van der Waals surface area contributed by atoms with Crippen molar-refractivity contribution in [2.45, 2.75) is 38.6 Å². The zero-order valence-corrected chi connectivity index (χ0v) is 13.9. The molecule has 2 fully saturated rings. The predicted octanol–water partition coefficient (Wildman–Crippen LogP) is 1.25. The maximum atomic E-state index is 12.5. The minimum absolute atomic E-state index is 0.286. The van der Waals surface area contributed by atoms with Crippen LogP contribution >= 0.6 is 11.8 Å². The van der Waals surface area contributed by atoms with E-state index in [1.165, 1.54) is 0 Å². The van der Waals surface area contributed by atoms with Crippen LogP contribution in [0.2, 0.25) is 0 Å². The molecule has 7 heteroatoms. The number of amides is 1. The lowest BCUT2D eigenvalue weighted by molar-refractivity contribution is -0.133. The van der Waals surface area contributed by atoms with Crippen molar-refractivity contribution in [2.75, 3.05) is 31.1 Å². The molecule has 0 aliphatic carbocycles. The van der Waals surface area contributed by atoms with Crippen LogP contribution in [0.25, 0.3) is 0 Å². The third-order valence-corrected chi connectivity index (χ3v) is 5.46. The molecule has 3 heterocycles. The lowest BCUT2D eigenvalue weighted by atomic mass is 9.94. The summed E-state index contributed by atoms with van der Waals surface area (Å²) in [7, 11) is 0. The highest BCUT2D eigenvalue weighted by atomic mass is 32.2. The summed E-state index contributed by atoms with van der Waals surface area (Å²) in [5, 5.41) is 7.41. The van der Waals surface area contributed by atoms with Gasteiger partial charge in [-0.2, -0.15) is 16.7 Å². The third kappa shape index (κ3) is 4.23. The minimum atomic E-state index is 0.286. The number of hydrogen-bond acceptors (Lipinski definition) is 6. The first-order valence-electron chi connectivity index (χ1n) is 8.09. The highest BCUT2D eigenvalue weighted by molar-refractivity contribution is 7.99. The zero-order chi connectivity index (χ0) is 15.4. The molecule has 1 aromatic heterocycles. The van der Waals surface area contributed by atoms with Crippen molar-refractivity contribution in [2.24, 2.45) is 5.92 Å². The van der Waals surface area contributed by atoms with Gasteiger partial charge >= 0.3 is 0 Å². The van der Waals surface area contributed by atoms with E-state index in [4.69, 9.17) is 4.52 Å². The topological polar surface area (TPSA) is 71.3 Å². The molecule has 0 radical (unpaired) electrons. The Kier molecular flexibility index (Phi) is 5.36. The normalized spacial score (nSPS) is 26.1. The van der Waals surface area contributed by atoms with Gasteiger partial charge in [-0.25, -0.2) is 0 Å². The van der Waals surface area contributed by atoms with Crippen molar-refractivity contribution in [3.8, 4) is 0 Å². The van der Waals surface area contributed by atoms with E-state index in [-0.39, 0.29) is 5.91 Å². The molecule has 2 saturated heterocycles. The molecule has 22 heavy (non-hydrogen) atoms. The van der Waals surface area contributed by atoms with Gasteiger partial charge in [0.05, 0.1) is 0 Å². The number of likely N-dealkylation sites (tertiary alicyclic amines) is 1. The molecule has 2 aliphatic heterocycles. The second kappa shape index (κ2) is 7.46. The van der Waals surface area contributed by atoms with Gasteiger partial charge in [0.15, 0.2) is 5.82 Å². The smallest absolute Gasteiger partial charge is 0.224 e. The van der Waals surface area contributed by atoms with Gasteiger partial charge in [-0.1, -0.05) is 5.16 Å². The van der Waals surface area contributed by atoms with Gasteiger partial charge in [-0.15, -0.1) is 0 Å². The van der Waals surface area contributed by atoms with Crippen LogP contribution in [0.1, 0.15) is 31.0 Å². The van der Waals surface area contributed by atoms with Gasteiger partial charge < -0.3 is 14.7 Å². The molecule has 2 aliphatic rings. The Hall–Kier alpha value is -1.08. The molecule has 0 aromatic carbocycles. The first kappa shape index (κ1) is 15.8. The molecule has 1 N–H and O–H groups in total. The van der Waals surface area contributed by atoms with Gasteiger partial charge in [0.2, 0.25) is 11.8 Å². The second-order valence-corrected chi connectivity index (χ2v) is 7.36. The average Bonchev–Trinajstić information content (AvgIpc) is 2.93. The molecule has 6 nitrogen and oxygen atoms in total. The standard InChI is InChI=1S/C15H24N4O2S/c1-11-17-14(18-21-11)7-12-3-2-5-19(9-12)15(20)8-13-10-22-6-4-16-13/h12-13,16H,2-10H2,1H3. The number of nitrogens with zero attached hydrogens (tertiary/aromatic N) is 3. The van der Waals surface area contributed by atoms with Crippen LogP contribution < -0.4 is 5.32 Å². The zero-order valence-electron chi connectivity index (χ0n) is 13.1. The summed E-state index contributed by atoms with van der Waals surface area (Å²) in [6.07, 6.45) is 3.63. The van der Waals surface area contributed by atoms with Crippen molar-refractivity contribution < 1.29 is 9.32 Å². The van der Waals surface area contributed by atoms with E-state index in [0.29, 0.717) is 24.3 Å². The second-order valence-electron chi connectivity index (χ2n) is 6.21. The van der Waals surface area contributed by atoms with Crippen LogP contribution in [-0.4, -0.2) is 58.1 Å². The van der Waals surface area contributed by atoms with E-state index in [1.54, 1.807) is 0 Å². The molecule has 3 rings (SSSR count). The van der Waals surface area contributed by atoms with Crippen molar-refractivity contribution in [3.63, 3.8) is 0 Å². The number of thioether (sulfide) groups is 1. The number of hydrogen-bond donors (Lipinski definition) is 1. The molecule has 1 amide bonds. The van der Waals surface area contributed by atoms with Crippen LogP contribution in [0, 0.1) is 12.8 Å². The van der Waals surface area contributed by atoms with Crippen LogP contribution in [0.4, 0.5) is 0 Å². The largest absolute Gasteiger partial charge is 0.342 e. The Bertz CT molecular complexity index is 501. The van der Waals surface area contributed by atoms with Crippen molar-refractivity contribution in [1.29, 1.82) is 0 Å². The molecular formula is C15H24N4O2S. The van der Waals surface area contributed by atoms with Gasteiger partial charge in [0, 0.05) is 56.9 Å². The molecule has 2 unspecified atom stereocenters. The number of carbonyl (C=O) groups excluding carboxylic acids is 1. The fraction of sp³-hybridized carbons (Fsp3) is 0.800. The fourth-order valence-corrected chi connectivity index (χ4v) is 4.18. The fourth-order valence-electron chi connectivity index (χ4n) is 3.23. The molecular weight excluding hydrogens is 300 g/mol. The number of nitrogens with one attached hydrogen (secondary N) is 1. The lowest BCUT2D eigenvalue weighted by Crippen LogP contribution is -2.45. The number of aromatic nitrogens is 2. The lowest BCUT2D eigenvalue weighted by Gasteiger charge is -2.34. The van der Waals surface area contributed by atoms with Gasteiger partial charge in [0.1, 0.15) is 0 Å². The summed E-state index contributed by atoms with van der Waals surface area (Å²) < 4.78 is 5.03. The monoisotopic (exact) mass is 324 g/mol. The van der Waals surface area contributed by atoms with Crippen LogP contribution in [0.5, 0.6) is 0 Å². The Morgan fingerprint density at radius 2 is 2.45 bits per heavy atom. The predicted molar refractivity (Wildman–Crippen MR) is 85.8 cm³/mol. The van der Waals surface area contributed by atoms with E-state index in [2.05, 4.69) is 15.5 Å². The summed E-state index contributed by atoms with van der Waals surface area (Å²) in [5.41, 5.74) is 0. The third-order valence-electron chi connectivity index (χ3n) is 4.33. The molecule has 0 spiro atoms. The molecule has 1 aromatic rings.